The first-order valence-electron chi connectivity index (χ1n) is 7.15. The van der Waals surface area contributed by atoms with Crippen molar-refractivity contribution in [1.29, 1.82) is 0 Å². The topological polar surface area (TPSA) is 42.7 Å². The van der Waals surface area contributed by atoms with Crippen LogP contribution in [0.1, 0.15) is 45.7 Å². The lowest BCUT2D eigenvalue weighted by Crippen LogP contribution is -2.42. The maximum atomic E-state index is 4.14. The standard InChI is InChI=1S/C14H26N4/c1-10(2)13-6-5-11(3)7-14(13)15-8-12-9-18(4)17-16-12/h9-11,13-15H,5-8H2,1-4H3. The second-order valence-corrected chi connectivity index (χ2v) is 6.20. The molecule has 0 bridgehead atoms. The summed E-state index contributed by atoms with van der Waals surface area (Å²) in [7, 11) is 1.91. The summed E-state index contributed by atoms with van der Waals surface area (Å²) in [5, 5.41) is 11.8. The number of aryl methyl sites for hydroxylation is 1. The zero-order valence-corrected chi connectivity index (χ0v) is 12.1. The van der Waals surface area contributed by atoms with Crippen LogP contribution in [0.4, 0.5) is 0 Å². The Hall–Kier alpha value is -0.900. The van der Waals surface area contributed by atoms with E-state index in [2.05, 4.69) is 36.4 Å². The zero-order valence-electron chi connectivity index (χ0n) is 12.1. The lowest BCUT2D eigenvalue weighted by molar-refractivity contribution is 0.169. The third-order valence-corrected chi connectivity index (χ3v) is 4.22. The van der Waals surface area contributed by atoms with Crippen LogP contribution in [-0.4, -0.2) is 21.0 Å². The SMILES string of the molecule is CC1CCC(C(C)C)C(NCc2cn(C)nn2)C1. The van der Waals surface area contributed by atoms with Gasteiger partial charge in [0, 0.05) is 25.8 Å². The van der Waals surface area contributed by atoms with E-state index in [0.717, 1.165) is 30.0 Å². The van der Waals surface area contributed by atoms with E-state index >= 15 is 0 Å². The molecule has 0 aliphatic heterocycles. The van der Waals surface area contributed by atoms with Gasteiger partial charge < -0.3 is 5.32 Å². The first kappa shape index (κ1) is 13.5. The van der Waals surface area contributed by atoms with Gasteiger partial charge >= 0.3 is 0 Å². The van der Waals surface area contributed by atoms with Crippen LogP contribution >= 0.6 is 0 Å². The van der Waals surface area contributed by atoms with Crippen molar-refractivity contribution in [3.05, 3.63) is 11.9 Å². The second-order valence-electron chi connectivity index (χ2n) is 6.20. The summed E-state index contributed by atoms with van der Waals surface area (Å²) in [4.78, 5) is 0. The highest BCUT2D eigenvalue weighted by Gasteiger charge is 2.30. The average molecular weight is 250 g/mol. The summed E-state index contributed by atoms with van der Waals surface area (Å²) < 4.78 is 1.76. The fourth-order valence-corrected chi connectivity index (χ4v) is 3.15. The predicted molar refractivity (Wildman–Crippen MR) is 73.0 cm³/mol. The molecule has 1 fully saturated rings. The molecule has 1 aliphatic rings. The molecule has 1 aromatic heterocycles. The van der Waals surface area contributed by atoms with Crippen molar-refractivity contribution in [2.24, 2.45) is 24.8 Å². The minimum absolute atomic E-state index is 0.635. The first-order valence-corrected chi connectivity index (χ1v) is 7.15. The Balaban J connectivity index is 1.92. The smallest absolute Gasteiger partial charge is 0.0964 e. The molecule has 1 heterocycles. The highest BCUT2D eigenvalue weighted by molar-refractivity contribution is 4.93. The number of aromatic nitrogens is 3. The number of hydrogen-bond donors (Lipinski definition) is 1. The van der Waals surface area contributed by atoms with Gasteiger partial charge in [-0.1, -0.05) is 32.4 Å². The highest BCUT2D eigenvalue weighted by Crippen LogP contribution is 2.33. The highest BCUT2D eigenvalue weighted by atomic mass is 15.4. The van der Waals surface area contributed by atoms with Crippen LogP contribution < -0.4 is 5.32 Å². The summed E-state index contributed by atoms with van der Waals surface area (Å²) in [6, 6.07) is 0.635. The largest absolute Gasteiger partial charge is 0.308 e. The number of rotatable bonds is 4. The molecule has 1 saturated carbocycles. The molecule has 4 heteroatoms. The normalized spacial score (nSPS) is 28.8. The van der Waals surface area contributed by atoms with Gasteiger partial charge in [-0.15, -0.1) is 5.10 Å². The summed E-state index contributed by atoms with van der Waals surface area (Å²) in [5.74, 6) is 2.41. The van der Waals surface area contributed by atoms with Crippen LogP contribution in [0.25, 0.3) is 0 Å². The van der Waals surface area contributed by atoms with Crippen molar-refractivity contribution < 1.29 is 0 Å². The third kappa shape index (κ3) is 3.31. The Morgan fingerprint density at radius 2 is 2.22 bits per heavy atom. The van der Waals surface area contributed by atoms with Gasteiger partial charge in [0.2, 0.25) is 0 Å². The zero-order chi connectivity index (χ0) is 13.1. The van der Waals surface area contributed by atoms with E-state index in [1.165, 1.54) is 19.3 Å². The van der Waals surface area contributed by atoms with Crippen molar-refractivity contribution in [2.75, 3.05) is 0 Å². The van der Waals surface area contributed by atoms with Crippen molar-refractivity contribution in [3.8, 4) is 0 Å². The molecular formula is C14H26N4. The Labute approximate surface area is 110 Å². The molecule has 1 aromatic rings. The van der Waals surface area contributed by atoms with Gasteiger partial charge in [-0.25, -0.2) is 0 Å². The van der Waals surface area contributed by atoms with E-state index in [9.17, 15) is 0 Å². The van der Waals surface area contributed by atoms with Gasteiger partial charge in [0.15, 0.2) is 0 Å². The molecule has 0 aromatic carbocycles. The van der Waals surface area contributed by atoms with Gasteiger partial charge in [0.1, 0.15) is 0 Å². The van der Waals surface area contributed by atoms with Crippen molar-refractivity contribution in [2.45, 2.75) is 52.6 Å². The van der Waals surface area contributed by atoms with Gasteiger partial charge in [0.25, 0.3) is 0 Å². The molecule has 3 unspecified atom stereocenters. The lowest BCUT2D eigenvalue weighted by Gasteiger charge is -2.37. The molecule has 102 valence electrons. The predicted octanol–water partition coefficient (Wildman–Crippen LogP) is 2.37. The van der Waals surface area contributed by atoms with Crippen molar-refractivity contribution >= 4 is 0 Å². The van der Waals surface area contributed by atoms with Gasteiger partial charge in [-0.3, -0.25) is 4.68 Å². The van der Waals surface area contributed by atoms with Gasteiger partial charge in [0.05, 0.1) is 5.69 Å². The minimum Gasteiger partial charge on any atom is -0.308 e. The number of hydrogen-bond acceptors (Lipinski definition) is 3. The Morgan fingerprint density at radius 1 is 1.44 bits per heavy atom. The van der Waals surface area contributed by atoms with Crippen LogP contribution in [0.5, 0.6) is 0 Å². The molecule has 1 N–H and O–H groups in total. The summed E-state index contributed by atoms with van der Waals surface area (Å²) >= 11 is 0. The van der Waals surface area contributed by atoms with Gasteiger partial charge in [-0.05, 0) is 30.6 Å². The number of nitrogens with one attached hydrogen (secondary N) is 1. The van der Waals surface area contributed by atoms with E-state index in [1.807, 2.05) is 13.2 Å². The van der Waals surface area contributed by atoms with Crippen LogP contribution in [0.3, 0.4) is 0 Å². The number of nitrogens with zero attached hydrogens (tertiary/aromatic N) is 3. The van der Waals surface area contributed by atoms with E-state index in [1.54, 1.807) is 4.68 Å². The molecule has 1 aliphatic carbocycles. The van der Waals surface area contributed by atoms with E-state index in [-0.39, 0.29) is 0 Å². The first-order chi connectivity index (χ1) is 8.56. The van der Waals surface area contributed by atoms with Gasteiger partial charge in [-0.2, -0.15) is 0 Å². The van der Waals surface area contributed by atoms with Crippen LogP contribution in [0.2, 0.25) is 0 Å². The average Bonchev–Trinajstić information content (AvgIpc) is 2.72. The molecule has 0 saturated heterocycles. The molecule has 18 heavy (non-hydrogen) atoms. The third-order valence-electron chi connectivity index (χ3n) is 4.22. The maximum absolute atomic E-state index is 4.14. The molecular weight excluding hydrogens is 224 g/mol. The van der Waals surface area contributed by atoms with Crippen LogP contribution in [0, 0.1) is 17.8 Å². The quantitative estimate of drug-likeness (QED) is 0.892. The lowest BCUT2D eigenvalue weighted by atomic mass is 9.74. The van der Waals surface area contributed by atoms with Crippen LogP contribution in [0.15, 0.2) is 6.20 Å². The summed E-state index contributed by atoms with van der Waals surface area (Å²) in [5.41, 5.74) is 1.04. The van der Waals surface area contributed by atoms with Crippen molar-refractivity contribution in [3.63, 3.8) is 0 Å². The Bertz CT molecular complexity index is 372. The fraction of sp³-hybridized carbons (Fsp3) is 0.857. The van der Waals surface area contributed by atoms with E-state index < -0.39 is 0 Å². The Morgan fingerprint density at radius 3 is 2.83 bits per heavy atom. The monoisotopic (exact) mass is 250 g/mol. The molecule has 0 spiro atoms. The second kappa shape index (κ2) is 5.83. The molecule has 2 rings (SSSR count). The fourth-order valence-electron chi connectivity index (χ4n) is 3.15. The molecule has 3 atom stereocenters. The Kier molecular flexibility index (Phi) is 4.38. The molecule has 4 nitrogen and oxygen atoms in total. The summed E-state index contributed by atoms with van der Waals surface area (Å²) in [6.45, 7) is 7.90. The van der Waals surface area contributed by atoms with E-state index in [4.69, 9.17) is 0 Å². The summed E-state index contributed by atoms with van der Waals surface area (Å²) in [6.07, 6.45) is 6.02. The van der Waals surface area contributed by atoms with Crippen LogP contribution in [-0.2, 0) is 13.6 Å². The van der Waals surface area contributed by atoms with Crippen molar-refractivity contribution in [1.82, 2.24) is 20.3 Å². The molecule has 0 radical (unpaired) electrons. The minimum atomic E-state index is 0.635. The molecule has 0 amide bonds. The maximum Gasteiger partial charge on any atom is 0.0964 e. The van der Waals surface area contributed by atoms with E-state index in [0.29, 0.717) is 6.04 Å².